The van der Waals surface area contributed by atoms with E-state index in [1.165, 1.54) is 11.3 Å². The predicted octanol–water partition coefficient (Wildman–Crippen LogP) is 2.33. The second kappa shape index (κ2) is 7.22. The van der Waals surface area contributed by atoms with Gasteiger partial charge in [-0.2, -0.15) is 0 Å². The molecule has 2 N–H and O–H groups in total. The average molecular weight is 304 g/mol. The van der Waals surface area contributed by atoms with Gasteiger partial charge in [0.25, 0.3) is 5.91 Å². The Bertz CT molecular complexity index is 422. The molecular formula is C13H22ClN3OS. The number of nitrogens with zero attached hydrogens (tertiary/aromatic N) is 2. The number of halogens is 1. The lowest BCUT2D eigenvalue weighted by atomic mass is 10.0. The number of likely N-dealkylation sites (tertiary alicyclic amines) is 1. The zero-order valence-electron chi connectivity index (χ0n) is 11.5. The molecule has 1 saturated heterocycles. The van der Waals surface area contributed by atoms with E-state index < -0.39 is 0 Å². The Morgan fingerprint density at radius 1 is 1.63 bits per heavy atom. The highest BCUT2D eigenvalue weighted by atomic mass is 35.5. The fourth-order valence-corrected chi connectivity index (χ4v) is 3.32. The highest BCUT2D eigenvalue weighted by Gasteiger charge is 2.32. The number of amides is 1. The van der Waals surface area contributed by atoms with Crippen molar-refractivity contribution in [2.24, 2.45) is 11.7 Å². The van der Waals surface area contributed by atoms with Gasteiger partial charge in [-0.05, 0) is 25.3 Å². The number of hydrogen-bond acceptors (Lipinski definition) is 4. The van der Waals surface area contributed by atoms with E-state index in [2.05, 4.69) is 18.8 Å². The molecule has 1 atom stereocenters. The summed E-state index contributed by atoms with van der Waals surface area (Å²) in [7, 11) is 0. The first-order valence-electron chi connectivity index (χ1n) is 6.59. The lowest BCUT2D eigenvalue weighted by molar-refractivity contribution is 0.0696. The van der Waals surface area contributed by atoms with Gasteiger partial charge in [-0.1, -0.05) is 13.8 Å². The van der Waals surface area contributed by atoms with E-state index in [9.17, 15) is 4.79 Å². The van der Waals surface area contributed by atoms with Gasteiger partial charge in [-0.15, -0.1) is 23.7 Å². The highest BCUT2D eigenvalue weighted by molar-refractivity contribution is 7.09. The Labute approximate surface area is 124 Å². The lowest BCUT2D eigenvalue weighted by Gasteiger charge is -2.26. The standard InChI is InChI=1S/C13H21N3OS.ClH/c1-9(2)11-4-3-7-16(11)13(17)10-8-18-12(15-10)5-6-14;/h8-9,11H,3-7,14H2,1-2H3;1H. The topological polar surface area (TPSA) is 59.2 Å². The molecule has 4 nitrogen and oxygen atoms in total. The molecule has 1 aliphatic rings. The first kappa shape index (κ1) is 16.4. The highest BCUT2D eigenvalue weighted by Crippen LogP contribution is 2.25. The Morgan fingerprint density at radius 3 is 3.00 bits per heavy atom. The third-order valence-corrected chi connectivity index (χ3v) is 4.37. The maximum absolute atomic E-state index is 12.4. The van der Waals surface area contributed by atoms with Gasteiger partial charge >= 0.3 is 0 Å². The number of thiazole rings is 1. The summed E-state index contributed by atoms with van der Waals surface area (Å²) < 4.78 is 0. The SMILES string of the molecule is CC(C)C1CCCN1C(=O)c1csc(CCN)n1.Cl. The zero-order chi connectivity index (χ0) is 13.1. The molecule has 1 unspecified atom stereocenters. The lowest BCUT2D eigenvalue weighted by Crippen LogP contribution is -2.38. The summed E-state index contributed by atoms with van der Waals surface area (Å²) in [4.78, 5) is 18.8. The number of nitrogens with two attached hydrogens (primary N) is 1. The minimum atomic E-state index is 0. The van der Waals surface area contributed by atoms with Crippen LogP contribution in [0, 0.1) is 5.92 Å². The van der Waals surface area contributed by atoms with Crippen LogP contribution in [-0.2, 0) is 6.42 Å². The van der Waals surface area contributed by atoms with E-state index in [-0.39, 0.29) is 18.3 Å². The number of aromatic nitrogens is 1. The van der Waals surface area contributed by atoms with Crippen molar-refractivity contribution < 1.29 is 4.79 Å². The van der Waals surface area contributed by atoms with Crippen LogP contribution in [0.15, 0.2) is 5.38 Å². The minimum absolute atomic E-state index is 0. The zero-order valence-corrected chi connectivity index (χ0v) is 13.1. The van der Waals surface area contributed by atoms with Crippen LogP contribution in [0.4, 0.5) is 0 Å². The quantitative estimate of drug-likeness (QED) is 0.928. The molecule has 6 heteroatoms. The van der Waals surface area contributed by atoms with E-state index >= 15 is 0 Å². The molecule has 1 aromatic heterocycles. The van der Waals surface area contributed by atoms with Crippen LogP contribution in [0.5, 0.6) is 0 Å². The van der Waals surface area contributed by atoms with Gasteiger partial charge in [-0.25, -0.2) is 4.98 Å². The van der Waals surface area contributed by atoms with Crippen molar-refractivity contribution in [2.75, 3.05) is 13.1 Å². The van der Waals surface area contributed by atoms with E-state index in [1.54, 1.807) is 0 Å². The molecule has 0 radical (unpaired) electrons. The molecule has 2 rings (SSSR count). The maximum Gasteiger partial charge on any atom is 0.273 e. The van der Waals surface area contributed by atoms with Gasteiger partial charge in [0.1, 0.15) is 5.69 Å². The Kier molecular flexibility index (Phi) is 6.23. The van der Waals surface area contributed by atoms with E-state index in [1.807, 2.05) is 10.3 Å². The molecule has 1 aromatic rings. The van der Waals surface area contributed by atoms with Crippen LogP contribution in [0.3, 0.4) is 0 Å². The number of hydrogen-bond donors (Lipinski definition) is 1. The van der Waals surface area contributed by atoms with E-state index in [0.29, 0.717) is 24.2 Å². The Morgan fingerprint density at radius 2 is 2.37 bits per heavy atom. The number of carbonyl (C=O) groups excluding carboxylic acids is 1. The molecule has 19 heavy (non-hydrogen) atoms. The normalized spacial score (nSPS) is 18.7. The van der Waals surface area contributed by atoms with Gasteiger partial charge < -0.3 is 10.6 Å². The first-order valence-corrected chi connectivity index (χ1v) is 7.47. The summed E-state index contributed by atoms with van der Waals surface area (Å²) in [5.41, 5.74) is 6.09. The Balaban J connectivity index is 0.00000180. The van der Waals surface area contributed by atoms with Crippen LogP contribution in [0.25, 0.3) is 0 Å². The summed E-state index contributed by atoms with van der Waals surface area (Å²) in [6.45, 7) is 5.80. The van der Waals surface area contributed by atoms with Crippen LogP contribution >= 0.6 is 23.7 Å². The van der Waals surface area contributed by atoms with Crippen molar-refractivity contribution in [3.05, 3.63) is 16.1 Å². The smallest absolute Gasteiger partial charge is 0.273 e. The van der Waals surface area contributed by atoms with Crippen molar-refractivity contribution in [1.29, 1.82) is 0 Å². The molecule has 0 spiro atoms. The summed E-state index contributed by atoms with van der Waals surface area (Å²) in [6.07, 6.45) is 2.98. The van der Waals surface area contributed by atoms with Crippen LogP contribution in [0.2, 0.25) is 0 Å². The molecule has 2 heterocycles. The largest absolute Gasteiger partial charge is 0.334 e. The monoisotopic (exact) mass is 303 g/mol. The van der Waals surface area contributed by atoms with Gasteiger partial charge in [-0.3, -0.25) is 4.79 Å². The van der Waals surface area contributed by atoms with Crippen LogP contribution in [0.1, 0.15) is 42.2 Å². The molecule has 1 aliphatic heterocycles. The molecule has 0 saturated carbocycles. The molecular weight excluding hydrogens is 282 g/mol. The Hall–Kier alpha value is -0.650. The van der Waals surface area contributed by atoms with Crippen molar-refractivity contribution >= 4 is 29.7 Å². The van der Waals surface area contributed by atoms with Crippen molar-refractivity contribution in [3.8, 4) is 0 Å². The molecule has 0 bridgehead atoms. The van der Waals surface area contributed by atoms with E-state index in [4.69, 9.17) is 5.73 Å². The summed E-state index contributed by atoms with van der Waals surface area (Å²) >= 11 is 1.53. The van der Waals surface area contributed by atoms with Crippen LogP contribution < -0.4 is 5.73 Å². The van der Waals surface area contributed by atoms with Gasteiger partial charge in [0.15, 0.2) is 0 Å². The maximum atomic E-state index is 12.4. The van der Waals surface area contributed by atoms with Crippen molar-refractivity contribution in [3.63, 3.8) is 0 Å². The van der Waals surface area contributed by atoms with E-state index in [0.717, 1.165) is 30.8 Å². The fourth-order valence-electron chi connectivity index (χ4n) is 2.53. The fraction of sp³-hybridized carbons (Fsp3) is 0.692. The van der Waals surface area contributed by atoms with Gasteiger partial charge in [0, 0.05) is 24.4 Å². The molecule has 1 amide bonds. The predicted molar refractivity (Wildman–Crippen MR) is 81.0 cm³/mol. The number of carbonyl (C=O) groups is 1. The number of rotatable bonds is 4. The third-order valence-electron chi connectivity index (χ3n) is 3.46. The minimum Gasteiger partial charge on any atom is -0.334 e. The summed E-state index contributed by atoms with van der Waals surface area (Å²) in [5.74, 6) is 0.601. The molecule has 0 aromatic carbocycles. The third kappa shape index (κ3) is 3.68. The summed E-state index contributed by atoms with van der Waals surface area (Å²) in [5, 5.41) is 2.82. The average Bonchev–Trinajstić information content (AvgIpc) is 2.96. The molecule has 108 valence electrons. The summed E-state index contributed by atoms with van der Waals surface area (Å²) in [6, 6.07) is 0.372. The first-order chi connectivity index (χ1) is 8.63. The van der Waals surface area contributed by atoms with Gasteiger partial charge in [0.05, 0.1) is 5.01 Å². The molecule has 1 fully saturated rings. The molecule has 0 aliphatic carbocycles. The van der Waals surface area contributed by atoms with Crippen molar-refractivity contribution in [1.82, 2.24) is 9.88 Å². The van der Waals surface area contributed by atoms with Crippen LogP contribution in [-0.4, -0.2) is 34.9 Å². The second-order valence-electron chi connectivity index (χ2n) is 5.12. The van der Waals surface area contributed by atoms with Crippen molar-refractivity contribution in [2.45, 2.75) is 39.2 Å². The second-order valence-corrected chi connectivity index (χ2v) is 6.06. The van der Waals surface area contributed by atoms with Gasteiger partial charge in [0.2, 0.25) is 0 Å².